The lowest BCUT2D eigenvalue weighted by atomic mass is 10.1. The number of methoxy groups -OCH3 is 1. The average Bonchev–Trinajstić information content (AvgIpc) is 3.41. The number of rotatable bonds is 9. The fraction of sp³-hybridized carbons (Fsp3) is 0.0938. The number of hydrogen-bond acceptors (Lipinski definition) is 4. The molecule has 1 aromatic heterocycles. The smallest absolute Gasteiger partial charge is 0.254 e. The lowest BCUT2D eigenvalue weighted by Crippen LogP contribution is -2.38. The van der Waals surface area contributed by atoms with Crippen LogP contribution in [0.15, 0.2) is 109 Å². The average molecular weight is 569 g/mol. The molecule has 0 radical (unpaired) electrons. The van der Waals surface area contributed by atoms with Gasteiger partial charge in [0.15, 0.2) is 0 Å². The van der Waals surface area contributed by atoms with E-state index in [-0.39, 0.29) is 24.6 Å². The van der Waals surface area contributed by atoms with Gasteiger partial charge < -0.3 is 9.64 Å². The van der Waals surface area contributed by atoms with Crippen molar-refractivity contribution >= 4 is 29.4 Å². The molecule has 41 heavy (non-hydrogen) atoms. The molecule has 0 aliphatic rings. The molecule has 0 aliphatic heterocycles. The van der Waals surface area contributed by atoms with Gasteiger partial charge in [0.1, 0.15) is 18.1 Å². The number of imidazole rings is 1. The van der Waals surface area contributed by atoms with Gasteiger partial charge in [-0.3, -0.25) is 19.5 Å². The molecule has 9 heteroatoms. The van der Waals surface area contributed by atoms with Crippen LogP contribution in [0.2, 0.25) is 5.02 Å². The minimum Gasteiger partial charge on any atom is -0.497 e. The van der Waals surface area contributed by atoms with E-state index >= 15 is 0 Å². The number of ether oxygens (including phenoxy) is 1. The van der Waals surface area contributed by atoms with Gasteiger partial charge in [-0.15, -0.1) is 0 Å². The Labute approximate surface area is 241 Å². The van der Waals surface area contributed by atoms with Gasteiger partial charge in [0.2, 0.25) is 11.9 Å². The highest BCUT2D eigenvalue weighted by Crippen LogP contribution is 2.27. The number of nitrogens with one attached hydrogen (secondary N) is 1. The minimum atomic E-state index is -0.450. The molecule has 4 aromatic carbocycles. The maximum Gasteiger partial charge on any atom is 0.254 e. The number of carbonyl (C=O) groups excluding carboxylic acids is 2. The molecule has 0 spiro atoms. The predicted molar refractivity (Wildman–Crippen MR) is 157 cm³/mol. The summed E-state index contributed by atoms with van der Waals surface area (Å²) in [5.74, 6) is -0.395. The zero-order valence-corrected chi connectivity index (χ0v) is 22.9. The van der Waals surface area contributed by atoms with Crippen LogP contribution in [0.5, 0.6) is 5.75 Å². The van der Waals surface area contributed by atoms with E-state index in [1.165, 1.54) is 29.2 Å². The summed E-state index contributed by atoms with van der Waals surface area (Å²) in [6.45, 7) is -0.0722. The first kappa shape index (κ1) is 27.6. The van der Waals surface area contributed by atoms with Crippen molar-refractivity contribution in [3.05, 3.63) is 131 Å². The summed E-state index contributed by atoms with van der Waals surface area (Å²) in [7, 11) is 1.58. The van der Waals surface area contributed by atoms with E-state index in [1.807, 2.05) is 66.7 Å². The fourth-order valence-electron chi connectivity index (χ4n) is 4.30. The summed E-state index contributed by atoms with van der Waals surface area (Å²) < 4.78 is 20.6. The summed E-state index contributed by atoms with van der Waals surface area (Å²) in [6, 6.07) is 29.1. The van der Waals surface area contributed by atoms with Crippen molar-refractivity contribution in [3.63, 3.8) is 0 Å². The summed E-state index contributed by atoms with van der Waals surface area (Å²) in [4.78, 5) is 32.9. The van der Waals surface area contributed by atoms with Gasteiger partial charge in [0.25, 0.3) is 5.91 Å². The van der Waals surface area contributed by atoms with E-state index < -0.39 is 17.6 Å². The van der Waals surface area contributed by atoms with Crippen LogP contribution < -0.4 is 10.1 Å². The molecule has 0 fully saturated rings. The zero-order valence-electron chi connectivity index (χ0n) is 22.1. The second kappa shape index (κ2) is 12.5. The van der Waals surface area contributed by atoms with Crippen molar-refractivity contribution in [2.75, 3.05) is 19.0 Å². The quantitative estimate of drug-likeness (QED) is 0.217. The van der Waals surface area contributed by atoms with Gasteiger partial charge in [0.05, 0.1) is 18.5 Å². The van der Waals surface area contributed by atoms with Gasteiger partial charge in [-0.1, -0.05) is 60.1 Å². The van der Waals surface area contributed by atoms with Crippen LogP contribution in [0.1, 0.15) is 15.9 Å². The molecule has 0 saturated carbocycles. The maximum absolute atomic E-state index is 13.5. The van der Waals surface area contributed by atoms with E-state index in [1.54, 1.807) is 30.0 Å². The van der Waals surface area contributed by atoms with Crippen molar-refractivity contribution in [2.45, 2.75) is 6.54 Å². The SMILES string of the molecule is COc1cccc(-n2cc(-c3ccc(Cl)cc3)nc2NC(=O)CN(Cc2ccccc2)C(=O)c2ccc(F)cc2)c1. The molecule has 5 aromatic rings. The lowest BCUT2D eigenvalue weighted by Gasteiger charge is -2.22. The normalized spacial score (nSPS) is 10.7. The topological polar surface area (TPSA) is 76.5 Å². The number of carbonyl (C=O) groups is 2. The van der Waals surface area contributed by atoms with Gasteiger partial charge >= 0.3 is 0 Å². The molecule has 206 valence electrons. The second-order valence-corrected chi connectivity index (χ2v) is 9.67. The Morgan fingerprint density at radius 1 is 0.951 bits per heavy atom. The van der Waals surface area contributed by atoms with E-state index in [9.17, 15) is 14.0 Å². The molecule has 1 heterocycles. The molecule has 0 bridgehead atoms. The van der Waals surface area contributed by atoms with E-state index in [4.69, 9.17) is 16.3 Å². The third-order valence-electron chi connectivity index (χ3n) is 6.36. The largest absolute Gasteiger partial charge is 0.497 e. The van der Waals surface area contributed by atoms with Crippen LogP contribution in [0.3, 0.4) is 0 Å². The molecular formula is C32H26ClFN4O3. The van der Waals surface area contributed by atoms with Gasteiger partial charge in [-0.05, 0) is 54.1 Å². The van der Waals surface area contributed by atoms with Crippen LogP contribution in [0, 0.1) is 5.82 Å². The summed E-state index contributed by atoms with van der Waals surface area (Å²) in [5.41, 5.74) is 3.26. The van der Waals surface area contributed by atoms with Crippen molar-refractivity contribution in [3.8, 4) is 22.7 Å². The highest BCUT2D eigenvalue weighted by molar-refractivity contribution is 6.30. The number of anilines is 1. The predicted octanol–water partition coefficient (Wildman–Crippen LogP) is 6.62. The Morgan fingerprint density at radius 3 is 2.39 bits per heavy atom. The van der Waals surface area contributed by atoms with Crippen LogP contribution in [-0.2, 0) is 11.3 Å². The minimum absolute atomic E-state index is 0.185. The molecule has 0 atom stereocenters. The van der Waals surface area contributed by atoms with Crippen LogP contribution in [0.25, 0.3) is 16.9 Å². The van der Waals surface area contributed by atoms with E-state index in [0.717, 1.165) is 16.8 Å². The van der Waals surface area contributed by atoms with Crippen LogP contribution in [-0.4, -0.2) is 39.9 Å². The van der Waals surface area contributed by atoms with Gasteiger partial charge in [-0.25, -0.2) is 9.37 Å². The first-order valence-electron chi connectivity index (χ1n) is 12.8. The van der Waals surface area contributed by atoms with Crippen molar-refractivity contribution in [1.82, 2.24) is 14.5 Å². The first-order chi connectivity index (χ1) is 19.9. The van der Waals surface area contributed by atoms with Crippen molar-refractivity contribution in [2.24, 2.45) is 0 Å². The highest BCUT2D eigenvalue weighted by atomic mass is 35.5. The Morgan fingerprint density at radius 2 is 1.68 bits per heavy atom. The summed E-state index contributed by atoms with van der Waals surface area (Å²) >= 11 is 6.07. The number of nitrogens with zero attached hydrogens (tertiary/aromatic N) is 3. The molecular weight excluding hydrogens is 543 g/mol. The number of benzene rings is 4. The third-order valence-corrected chi connectivity index (χ3v) is 6.61. The Bertz CT molecular complexity index is 1660. The monoisotopic (exact) mass is 568 g/mol. The highest BCUT2D eigenvalue weighted by Gasteiger charge is 2.22. The van der Waals surface area contributed by atoms with Crippen LogP contribution >= 0.6 is 11.6 Å². The maximum atomic E-state index is 13.5. The standard InChI is InChI=1S/C32H26ClFN4O3/c1-41-28-9-5-8-27(18-28)38-20-29(23-10-14-25(33)15-11-23)35-32(38)36-30(39)21-37(19-22-6-3-2-4-7-22)31(40)24-12-16-26(34)17-13-24/h2-18,20H,19,21H2,1H3,(H,35,36,39). The molecule has 0 saturated heterocycles. The molecule has 7 nitrogen and oxygen atoms in total. The molecule has 5 rings (SSSR count). The zero-order chi connectivity index (χ0) is 28.8. The lowest BCUT2D eigenvalue weighted by molar-refractivity contribution is -0.117. The number of amides is 2. The molecule has 0 unspecified atom stereocenters. The van der Waals surface area contributed by atoms with E-state index in [2.05, 4.69) is 10.3 Å². The summed E-state index contributed by atoms with van der Waals surface area (Å²) in [5, 5.41) is 3.47. The third kappa shape index (κ3) is 6.80. The van der Waals surface area contributed by atoms with Crippen molar-refractivity contribution < 1.29 is 18.7 Å². The number of hydrogen-bond donors (Lipinski definition) is 1. The second-order valence-electron chi connectivity index (χ2n) is 9.23. The Balaban J connectivity index is 1.45. The molecule has 0 aliphatic carbocycles. The molecule has 2 amide bonds. The molecule has 1 N–H and O–H groups in total. The number of aromatic nitrogens is 2. The van der Waals surface area contributed by atoms with E-state index in [0.29, 0.717) is 16.5 Å². The first-order valence-corrected chi connectivity index (χ1v) is 13.2. The fourth-order valence-corrected chi connectivity index (χ4v) is 4.43. The van der Waals surface area contributed by atoms with Gasteiger partial charge in [0, 0.05) is 35.0 Å². The Hall–Kier alpha value is -4.95. The van der Waals surface area contributed by atoms with Crippen LogP contribution in [0.4, 0.5) is 10.3 Å². The van der Waals surface area contributed by atoms with Gasteiger partial charge in [-0.2, -0.15) is 0 Å². The Kier molecular flexibility index (Phi) is 8.41. The van der Waals surface area contributed by atoms with Crippen molar-refractivity contribution in [1.29, 1.82) is 0 Å². The number of halogens is 2. The summed E-state index contributed by atoms with van der Waals surface area (Å²) in [6.07, 6.45) is 1.80.